The number of carbonyl (C=O) groups excluding carboxylic acids is 2. The first-order valence-corrected chi connectivity index (χ1v) is 8.82. The SMILES string of the molecule is CCNC(=O)c1ccc(NC(=O)NCC(C)(C)c2ccccc2)c(C)c1. The van der Waals surface area contributed by atoms with Crippen LogP contribution in [0.3, 0.4) is 0 Å². The van der Waals surface area contributed by atoms with Gasteiger partial charge < -0.3 is 16.0 Å². The standard InChI is InChI=1S/C21H27N3O2/c1-5-22-19(25)16-11-12-18(15(2)13-16)24-20(26)23-14-21(3,4)17-9-7-6-8-10-17/h6-13H,5,14H2,1-4H3,(H,22,25)(H2,23,24,26). The highest BCUT2D eigenvalue weighted by atomic mass is 16.2. The van der Waals surface area contributed by atoms with Crippen molar-refractivity contribution in [3.8, 4) is 0 Å². The predicted molar refractivity (Wildman–Crippen MR) is 106 cm³/mol. The van der Waals surface area contributed by atoms with E-state index in [1.165, 1.54) is 5.56 Å². The highest BCUT2D eigenvalue weighted by Crippen LogP contribution is 2.22. The summed E-state index contributed by atoms with van der Waals surface area (Å²) in [6.45, 7) is 9.02. The van der Waals surface area contributed by atoms with Crippen molar-refractivity contribution in [1.82, 2.24) is 10.6 Å². The van der Waals surface area contributed by atoms with Crippen LogP contribution in [-0.2, 0) is 5.41 Å². The summed E-state index contributed by atoms with van der Waals surface area (Å²) in [6, 6.07) is 15.1. The molecule has 2 aromatic rings. The van der Waals surface area contributed by atoms with Gasteiger partial charge in [-0.2, -0.15) is 0 Å². The van der Waals surface area contributed by atoms with Gasteiger partial charge >= 0.3 is 6.03 Å². The lowest BCUT2D eigenvalue weighted by molar-refractivity contribution is 0.0955. The number of aryl methyl sites for hydroxylation is 1. The molecule has 2 rings (SSSR count). The second-order valence-corrected chi connectivity index (χ2v) is 6.95. The molecule has 0 bridgehead atoms. The molecule has 0 spiro atoms. The molecule has 0 unspecified atom stereocenters. The van der Waals surface area contributed by atoms with E-state index >= 15 is 0 Å². The molecule has 0 aromatic heterocycles. The van der Waals surface area contributed by atoms with Crippen molar-refractivity contribution in [3.05, 3.63) is 65.2 Å². The topological polar surface area (TPSA) is 70.2 Å². The molecule has 3 N–H and O–H groups in total. The van der Waals surface area contributed by atoms with E-state index in [4.69, 9.17) is 0 Å². The Morgan fingerprint density at radius 1 is 1.00 bits per heavy atom. The van der Waals surface area contributed by atoms with Crippen molar-refractivity contribution >= 4 is 17.6 Å². The van der Waals surface area contributed by atoms with Gasteiger partial charge in [-0.3, -0.25) is 4.79 Å². The lowest BCUT2D eigenvalue weighted by Crippen LogP contribution is -2.39. The lowest BCUT2D eigenvalue weighted by atomic mass is 9.85. The summed E-state index contributed by atoms with van der Waals surface area (Å²) in [5.74, 6) is -0.115. The quantitative estimate of drug-likeness (QED) is 0.738. The molecule has 5 heteroatoms. The van der Waals surface area contributed by atoms with E-state index in [9.17, 15) is 9.59 Å². The summed E-state index contributed by atoms with van der Waals surface area (Å²) in [6.07, 6.45) is 0. The van der Waals surface area contributed by atoms with Gasteiger partial charge in [-0.05, 0) is 43.2 Å². The molecule has 0 saturated heterocycles. The molecular weight excluding hydrogens is 326 g/mol. The second-order valence-electron chi connectivity index (χ2n) is 6.95. The van der Waals surface area contributed by atoms with E-state index in [2.05, 4.69) is 41.9 Å². The van der Waals surface area contributed by atoms with Gasteiger partial charge in [0.15, 0.2) is 0 Å². The molecular formula is C21H27N3O2. The summed E-state index contributed by atoms with van der Waals surface area (Å²) in [4.78, 5) is 24.1. The third-order valence-corrected chi connectivity index (χ3v) is 4.32. The van der Waals surface area contributed by atoms with Crippen LogP contribution in [0.4, 0.5) is 10.5 Å². The van der Waals surface area contributed by atoms with Crippen molar-refractivity contribution in [2.24, 2.45) is 0 Å². The van der Waals surface area contributed by atoms with Crippen LogP contribution >= 0.6 is 0 Å². The fourth-order valence-electron chi connectivity index (χ4n) is 2.67. The predicted octanol–water partition coefficient (Wildman–Crippen LogP) is 3.84. The Morgan fingerprint density at radius 2 is 1.69 bits per heavy atom. The fourth-order valence-corrected chi connectivity index (χ4v) is 2.67. The van der Waals surface area contributed by atoms with Crippen molar-refractivity contribution in [3.63, 3.8) is 0 Å². The molecule has 0 radical (unpaired) electrons. The molecule has 26 heavy (non-hydrogen) atoms. The highest BCUT2D eigenvalue weighted by molar-refractivity contribution is 5.96. The number of urea groups is 1. The van der Waals surface area contributed by atoms with Crippen LogP contribution in [0, 0.1) is 6.92 Å². The maximum Gasteiger partial charge on any atom is 0.319 e. The summed E-state index contributed by atoms with van der Waals surface area (Å²) < 4.78 is 0. The van der Waals surface area contributed by atoms with Crippen LogP contribution in [-0.4, -0.2) is 25.0 Å². The molecule has 138 valence electrons. The number of anilines is 1. The maximum atomic E-state index is 12.3. The van der Waals surface area contributed by atoms with Crippen LogP contribution in [0.15, 0.2) is 48.5 Å². The molecule has 0 aliphatic carbocycles. The molecule has 5 nitrogen and oxygen atoms in total. The zero-order valence-corrected chi connectivity index (χ0v) is 15.8. The number of rotatable bonds is 6. The van der Waals surface area contributed by atoms with Gasteiger partial charge in [-0.1, -0.05) is 44.2 Å². The van der Waals surface area contributed by atoms with Gasteiger partial charge in [0.25, 0.3) is 5.91 Å². The van der Waals surface area contributed by atoms with E-state index in [-0.39, 0.29) is 17.4 Å². The van der Waals surface area contributed by atoms with Gasteiger partial charge in [0.1, 0.15) is 0 Å². The molecule has 0 fully saturated rings. The molecule has 0 saturated carbocycles. The van der Waals surface area contributed by atoms with E-state index in [1.54, 1.807) is 18.2 Å². The maximum absolute atomic E-state index is 12.3. The van der Waals surface area contributed by atoms with Crippen LogP contribution in [0.25, 0.3) is 0 Å². The third kappa shape index (κ3) is 5.09. The van der Waals surface area contributed by atoms with Crippen LogP contribution in [0.2, 0.25) is 0 Å². The Bertz CT molecular complexity index is 770. The number of hydrogen-bond acceptors (Lipinski definition) is 2. The number of hydrogen-bond donors (Lipinski definition) is 3. The number of nitrogens with one attached hydrogen (secondary N) is 3. The Balaban J connectivity index is 1.96. The molecule has 0 heterocycles. The molecule has 3 amide bonds. The molecule has 2 aromatic carbocycles. The van der Waals surface area contributed by atoms with Gasteiger partial charge in [-0.15, -0.1) is 0 Å². The fraction of sp³-hybridized carbons (Fsp3) is 0.333. The molecule has 0 aliphatic heterocycles. The summed E-state index contributed by atoms with van der Waals surface area (Å²) >= 11 is 0. The summed E-state index contributed by atoms with van der Waals surface area (Å²) in [5, 5.41) is 8.54. The second kappa shape index (κ2) is 8.52. The Morgan fingerprint density at radius 3 is 2.31 bits per heavy atom. The van der Waals surface area contributed by atoms with E-state index in [0.717, 1.165) is 5.56 Å². The Kier molecular flexibility index (Phi) is 6.39. The van der Waals surface area contributed by atoms with E-state index in [1.807, 2.05) is 32.0 Å². The minimum atomic E-state index is -0.261. The van der Waals surface area contributed by atoms with Gasteiger partial charge in [0, 0.05) is 29.8 Å². The van der Waals surface area contributed by atoms with Gasteiger partial charge in [-0.25, -0.2) is 4.79 Å². The number of benzene rings is 2. The minimum absolute atomic E-state index is 0.115. The largest absolute Gasteiger partial charge is 0.352 e. The molecule has 0 atom stereocenters. The van der Waals surface area contributed by atoms with Crippen LogP contribution < -0.4 is 16.0 Å². The van der Waals surface area contributed by atoms with Gasteiger partial charge in [0.2, 0.25) is 0 Å². The zero-order chi connectivity index (χ0) is 19.2. The Labute approximate surface area is 155 Å². The minimum Gasteiger partial charge on any atom is -0.352 e. The number of amides is 3. The third-order valence-electron chi connectivity index (χ3n) is 4.32. The van der Waals surface area contributed by atoms with Crippen molar-refractivity contribution in [2.45, 2.75) is 33.1 Å². The monoisotopic (exact) mass is 353 g/mol. The summed E-state index contributed by atoms with van der Waals surface area (Å²) in [5.41, 5.74) is 3.11. The number of carbonyl (C=O) groups is 2. The molecule has 0 aliphatic rings. The summed E-state index contributed by atoms with van der Waals surface area (Å²) in [7, 11) is 0. The van der Waals surface area contributed by atoms with Crippen LogP contribution in [0.1, 0.15) is 42.3 Å². The highest BCUT2D eigenvalue weighted by Gasteiger charge is 2.21. The normalized spacial score (nSPS) is 10.9. The van der Waals surface area contributed by atoms with Gasteiger partial charge in [0.05, 0.1) is 0 Å². The van der Waals surface area contributed by atoms with Crippen LogP contribution in [0.5, 0.6) is 0 Å². The Hall–Kier alpha value is -2.82. The smallest absolute Gasteiger partial charge is 0.319 e. The van der Waals surface area contributed by atoms with Crippen molar-refractivity contribution in [2.75, 3.05) is 18.4 Å². The van der Waals surface area contributed by atoms with Crippen molar-refractivity contribution in [1.29, 1.82) is 0 Å². The first-order chi connectivity index (χ1) is 12.3. The zero-order valence-electron chi connectivity index (χ0n) is 15.8. The lowest BCUT2D eigenvalue weighted by Gasteiger charge is -2.25. The average molecular weight is 353 g/mol. The first-order valence-electron chi connectivity index (χ1n) is 8.82. The van der Waals surface area contributed by atoms with E-state index in [0.29, 0.717) is 24.3 Å². The van der Waals surface area contributed by atoms with E-state index < -0.39 is 0 Å². The van der Waals surface area contributed by atoms with Crippen molar-refractivity contribution < 1.29 is 9.59 Å². The first kappa shape index (κ1) is 19.5. The average Bonchev–Trinajstić information content (AvgIpc) is 2.63.